The Hall–Kier alpha value is -2.87. The Morgan fingerprint density at radius 2 is 1.90 bits per heavy atom. The standard InChI is InChI=1S/C23H28N4O3S/c1-23(2,3)30-22(29)26-13-10-16(11-14-26)27-12-6-8-18(27)21(28)24-15-20-25-17-7-4-5-9-19(17)31-20/h4-9,12,16H,10-11,13-15H2,1-3H3,(H,24,28). The number of nitrogens with zero attached hydrogens (tertiary/aromatic N) is 3. The molecule has 0 aliphatic carbocycles. The van der Waals surface area contributed by atoms with E-state index >= 15 is 0 Å². The van der Waals surface area contributed by atoms with Crippen LogP contribution < -0.4 is 5.32 Å². The van der Waals surface area contributed by atoms with Crippen molar-refractivity contribution in [2.45, 2.75) is 51.8 Å². The third kappa shape index (κ3) is 5.07. The molecule has 1 aliphatic rings. The van der Waals surface area contributed by atoms with Gasteiger partial charge in [-0.2, -0.15) is 0 Å². The number of carbonyl (C=O) groups is 2. The predicted octanol–water partition coefficient (Wildman–Crippen LogP) is 4.60. The number of rotatable bonds is 4. The number of benzene rings is 1. The van der Waals surface area contributed by atoms with E-state index in [0.717, 1.165) is 28.1 Å². The summed E-state index contributed by atoms with van der Waals surface area (Å²) < 4.78 is 8.62. The maximum Gasteiger partial charge on any atom is 0.410 e. The van der Waals surface area contributed by atoms with Crippen LogP contribution in [-0.4, -0.2) is 45.1 Å². The molecule has 0 bridgehead atoms. The van der Waals surface area contributed by atoms with E-state index in [1.165, 1.54) is 0 Å². The van der Waals surface area contributed by atoms with Gasteiger partial charge in [-0.1, -0.05) is 12.1 Å². The van der Waals surface area contributed by atoms with E-state index < -0.39 is 5.60 Å². The molecule has 0 radical (unpaired) electrons. The second-order valence-electron chi connectivity index (χ2n) is 8.76. The summed E-state index contributed by atoms with van der Waals surface area (Å²) in [5.41, 5.74) is 1.09. The molecular weight excluding hydrogens is 412 g/mol. The summed E-state index contributed by atoms with van der Waals surface area (Å²) in [6, 6.07) is 11.9. The van der Waals surface area contributed by atoms with Crippen molar-refractivity contribution in [3.63, 3.8) is 0 Å². The third-order valence-electron chi connectivity index (χ3n) is 5.26. The fourth-order valence-electron chi connectivity index (χ4n) is 3.80. The Morgan fingerprint density at radius 3 is 2.61 bits per heavy atom. The molecule has 3 heterocycles. The Labute approximate surface area is 186 Å². The predicted molar refractivity (Wildman–Crippen MR) is 121 cm³/mol. The van der Waals surface area contributed by atoms with Crippen molar-refractivity contribution in [2.75, 3.05) is 13.1 Å². The Morgan fingerprint density at radius 1 is 1.16 bits per heavy atom. The molecule has 164 valence electrons. The largest absolute Gasteiger partial charge is 0.444 e. The average Bonchev–Trinajstić information content (AvgIpc) is 3.37. The molecule has 0 saturated carbocycles. The van der Waals surface area contributed by atoms with Gasteiger partial charge in [0, 0.05) is 25.3 Å². The van der Waals surface area contributed by atoms with Gasteiger partial charge in [0.25, 0.3) is 5.91 Å². The first-order valence-corrected chi connectivity index (χ1v) is 11.4. The fraction of sp³-hybridized carbons (Fsp3) is 0.435. The highest BCUT2D eigenvalue weighted by Crippen LogP contribution is 2.26. The monoisotopic (exact) mass is 440 g/mol. The number of amides is 2. The van der Waals surface area contributed by atoms with Gasteiger partial charge < -0.3 is 19.5 Å². The number of hydrogen-bond donors (Lipinski definition) is 1. The van der Waals surface area contributed by atoms with Crippen molar-refractivity contribution in [1.29, 1.82) is 0 Å². The van der Waals surface area contributed by atoms with E-state index in [4.69, 9.17) is 4.74 Å². The summed E-state index contributed by atoms with van der Waals surface area (Å²) in [7, 11) is 0. The lowest BCUT2D eigenvalue weighted by molar-refractivity contribution is 0.0187. The molecule has 1 saturated heterocycles. The zero-order valence-electron chi connectivity index (χ0n) is 18.1. The van der Waals surface area contributed by atoms with E-state index in [2.05, 4.69) is 10.3 Å². The summed E-state index contributed by atoms with van der Waals surface area (Å²) >= 11 is 1.59. The van der Waals surface area contributed by atoms with Gasteiger partial charge in [-0.05, 0) is 57.9 Å². The van der Waals surface area contributed by atoms with Crippen molar-refractivity contribution >= 4 is 33.6 Å². The number of aromatic nitrogens is 2. The summed E-state index contributed by atoms with van der Waals surface area (Å²) in [5, 5.41) is 3.89. The number of hydrogen-bond acceptors (Lipinski definition) is 5. The van der Waals surface area contributed by atoms with Gasteiger partial charge in [-0.15, -0.1) is 11.3 Å². The van der Waals surface area contributed by atoms with Crippen LogP contribution in [0.3, 0.4) is 0 Å². The van der Waals surface area contributed by atoms with Crippen LogP contribution in [0.4, 0.5) is 4.79 Å². The van der Waals surface area contributed by atoms with E-state index in [1.54, 1.807) is 16.2 Å². The van der Waals surface area contributed by atoms with Crippen molar-refractivity contribution in [1.82, 2.24) is 19.8 Å². The molecule has 2 aromatic heterocycles. The van der Waals surface area contributed by atoms with Crippen LogP contribution in [0, 0.1) is 0 Å². The van der Waals surface area contributed by atoms with E-state index in [0.29, 0.717) is 25.3 Å². The van der Waals surface area contributed by atoms with Gasteiger partial charge in [-0.3, -0.25) is 4.79 Å². The number of nitrogens with one attached hydrogen (secondary N) is 1. The van der Waals surface area contributed by atoms with Crippen molar-refractivity contribution in [3.05, 3.63) is 53.3 Å². The van der Waals surface area contributed by atoms with Gasteiger partial charge in [0.1, 0.15) is 16.3 Å². The lowest BCUT2D eigenvalue weighted by Crippen LogP contribution is -2.42. The first kappa shape index (κ1) is 21.4. The molecule has 0 spiro atoms. The Bertz CT molecular complexity index is 1040. The summed E-state index contributed by atoms with van der Waals surface area (Å²) in [6.07, 6.45) is 3.24. The maximum atomic E-state index is 12.8. The van der Waals surface area contributed by atoms with Crippen molar-refractivity contribution in [2.24, 2.45) is 0 Å². The minimum atomic E-state index is -0.497. The van der Waals surface area contributed by atoms with Gasteiger partial charge >= 0.3 is 6.09 Å². The van der Waals surface area contributed by atoms with Crippen LogP contribution in [0.1, 0.15) is 55.2 Å². The smallest absolute Gasteiger partial charge is 0.410 e. The lowest BCUT2D eigenvalue weighted by Gasteiger charge is -2.34. The highest BCUT2D eigenvalue weighted by atomic mass is 32.1. The molecule has 4 rings (SSSR count). The van der Waals surface area contributed by atoms with Crippen LogP contribution in [0.25, 0.3) is 10.2 Å². The second-order valence-corrected chi connectivity index (χ2v) is 9.87. The molecule has 1 fully saturated rings. The third-order valence-corrected chi connectivity index (χ3v) is 6.30. The van der Waals surface area contributed by atoms with Gasteiger partial charge in [0.05, 0.1) is 16.8 Å². The van der Waals surface area contributed by atoms with E-state index in [1.807, 2.05) is 67.9 Å². The molecule has 1 N–H and O–H groups in total. The molecule has 3 aromatic rings. The number of ether oxygens (including phenoxy) is 1. The van der Waals surface area contributed by atoms with Crippen molar-refractivity contribution < 1.29 is 14.3 Å². The molecule has 2 amide bonds. The van der Waals surface area contributed by atoms with Crippen LogP contribution in [0.5, 0.6) is 0 Å². The SMILES string of the molecule is CC(C)(C)OC(=O)N1CCC(n2cccc2C(=O)NCc2nc3ccccc3s2)CC1. The Kier molecular flexibility index (Phi) is 6.00. The zero-order chi connectivity index (χ0) is 22.0. The van der Waals surface area contributed by atoms with Crippen LogP contribution >= 0.6 is 11.3 Å². The first-order valence-electron chi connectivity index (χ1n) is 10.6. The summed E-state index contributed by atoms with van der Waals surface area (Å²) in [4.78, 5) is 31.5. The van der Waals surface area contributed by atoms with Gasteiger partial charge in [0.15, 0.2) is 0 Å². The molecule has 8 heteroatoms. The number of piperidine rings is 1. The molecule has 0 unspecified atom stereocenters. The van der Waals surface area contributed by atoms with Gasteiger partial charge in [0.2, 0.25) is 0 Å². The number of fused-ring (bicyclic) bond motifs is 1. The van der Waals surface area contributed by atoms with Crippen LogP contribution in [0.15, 0.2) is 42.6 Å². The molecule has 1 aliphatic heterocycles. The minimum Gasteiger partial charge on any atom is -0.444 e. The molecule has 1 aromatic carbocycles. The highest BCUT2D eigenvalue weighted by Gasteiger charge is 2.28. The Balaban J connectivity index is 1.35. The fourth-order valence-corrected chi connectivity index (χ4v) is 4.71. The first-order chi connectivity index (χ1) is 14.8. The number of thiazole rings is 1. The lowest BCUT2D eigenvalue weighted by atomic mass is 10.0. The highest BCUT2D eigenvalue weighted by molar-refractivity contribution is 7.18. The maximum absolute atomic E-state index is 12.8. The molecule has 31 heavy (non-hydrogen) atoms. The second kappa shape index (κ2) is 8.70. The molecule has 7 nitrogen and oxygen atoms in total. The summed E-state index contributed by atoms with van der Waals surface area (Å²) in [6.45, 7) is 7.25. The van der Waals surface area contributed by atoms with E-state index in [9.17, 15) is 9.59 Å². The van der Waals surface area contributed by atoms with Gasteiger partial charge in [-0.25, -0.2) is 9.78 Å². The normalized spacial score (nSPS) is 15.3. The molecule has 0 atom stereocenters. The minimum absolute atomic E-state index is 0.112. The van der Waals surface area contributed by atoms with E-state index in [-0.39, 0.29) is 18.0 Å². The van der Waals surface area contributed by atoms with Crippen LogP contribution in [0.2, 0.25) is 0 Å². The molecular formula is C23H28N4O3S. The van der Waals surface area contributed by atoms with Crippen LogP contribution in [-0.2, 0) is 11.3 Å². The average molecular weight is 441 g/mol. The zero-order valence-corrected chi connectivity index (χ0v) is 18.9. The summed E-state index contributed by atoms with van der Waals surface area (Å²) in [5.74, 6) is -0.112. The topological polar surface area (TPSA) is 76.5 Å². The number of para-hydroxylation sites is 1. The number of likely N-dealkylation sites (tertiary alicyclic amines) is 1. The quantitative estimate of drug-likeness (QED) is 0.643. The van der Waals surface area contributed by atoms with Crippen molar-refractivity contribution in [3.8, 4) is 0 Å². The number of carbonyl (C=O) groups excluding carboxylic acids is 2.